The summed E-state index contributed by atoms with van der Waals surface area (Å²) in [5.74, 6) is 2.15. The van der Waals surface area contributed by atoms with E-state index in [0.717, 1.165) is 23.6 Å². The first-order valence-corrected chi connectivity index (χ1v) is 7.03. The van der Waals surface area contributed by atoms with Crippen LogP contribution in [-0.2, 0) is 12.3 Å². The Bertz CT molecular complexity index is 360. The van der Waals surface area contributed by atoms with E-state index < -0.39 is 6.10 Å². The molecule has 0 aliphatic rings. The van der Waals surface area contributed by atoms with Crippen molar-refractivity contribution < 1.29 is 14.9 Å². The maximum absolute atomic E-state index is 9.29. The number of benzene rings is 1. The third kappa shape index (κ3) is 4.86. The molecule has 0 saturated carbocycles. The molecule has 1 rings (SSSR count). The molecule has 1 aromatic carbocycles. The number of ether oxygens (including phenoxy) is 1. The first-order chi connectivity index (χ1) is 8.71. The van der Waals surface area contributed by atoms with E-state index in [9.17, 15) is 5.11 Å². The Balaban J connectivity index is 2.63. The van der Waals surface area contributed by atoms with E-state index in [2.05, 4.69) is 11.4 Å². The zero-order valence-corrected chi connectivity index (χ0v) is 11.7. The maximum atomic E-state index is 9.29. The van der Waals surface area contributed by atoms with Crippen LogP contribution < -0.4 is 10.1 Å². The van der Waals surface area contributed by atoms with Gasteiger partial charge < -0.3 is 20.3 Å². The Hall–Kier alpha value is -0.750. The van der Waals surface area contributed by atoms with Crippen LogP contribution >= 0.6 is 11.8 Å². The smallest absolute Gasteiger partial charge is 0.122 e. The van der Waals surface area contributed by atoms with Gasteiger partial charge in [0.2, 0.25) is 0 Å². The standard InChI is InChI=1S/C13H21NO3S/c1-14-6-10-3-4-13(17-2)11(5-10)8-18-9-12(16)7-15/h3-5,12,14-16H,6-9H2,1-2H3. The molecule has 102 valence electrons. The fourth-order valence-corrected chi connectivity index (χ4v) is 2.56. The molecular weight excluding hydrogens is 250 g/mol. The predicted octanol–water partition coefficient (Wildman–Crippen LogP) is 1.00. The molecule has 0 aromatic heterocycles. The summed E-state index contributed by atoms with van der Waals surface area (Å²) in [6.07, 6.45) is -0.651. The number of thioether (sulfide) groups is 1. The first-order valence-electron chi connectivity index (χ1n) is 5.88. The van der Waals surface area contributed by atoms with Gasteiger partial charge in [-0.15, -0.1) is 0 Å². The van der Waals surface area contributed by atoms with Crippen molar-refractivity contribution in [3.05, 3.63) is 29.3 Å². The molecule has 0 spiro atoms. The summed E-state index contributed by atoms with van der Waals surface area (Å²) in [5.41, 5.74) is 2.32. The van der Waals surface area contributed by atoms with E-state index >= 15 is 0 Å². The summed E-state index contributed by atoms with van der Waals surface area (Å²) in [6, 6.07) is 6.10. The van der Waals surface area contributed by atoms with Gasteiger partial charge in [0.25, 0.3) is 0 Å². The highest BCUT2D eigenvalue weighted by Gasteiger charge is 2.07. The lowest BCUT2D eigenvalue weighted by molar-refractivity contribution is 0.113. The number of aliphatic hydroxyl groups excluding tert-OH is 2. The zero-order chi connectivity index (χ0) is 13.4. The van der Waals surface area contributed by atoms with Crippen LogP contribution in [0.3, 0.4) is 0 Å². The largest absolute Gasteiger partial charge is 0.496 e. The van der Waals surface area contributed by atoms with E-state index in [-0.39, 0.29) is 6.61 Å². The average Bonchev–Trinajstić information content (AvgIpc) is 2.39. The minimum atomic E-state index is -0.651. The number of hydrogen-bond donors (Lipinski definition) is 3. The van der Waals surface area contributed by atoms with Crippen LogP contribution in [0.2, 0.25) is 0 Å². The van der Waals surface area contributed by atoms with Crippen molar-refractivity contribution in [1.29, 1.82) is 0 Å². The molecule has 1 aromatic rings. The third-order valence-corrected chi connectivity index (χ3v) is 3.64. The van der Waals surface area contributed by atoms with E-state index in [1.54, 1.807) is 18.9 Å². The van der Waals surface area contributed by atoms with E-state index in [0.29, 0.717) is 5.75 Å². The molecule has 1 atom stereocenters. The van der Waals surface area contributed by atoms with Gasteiger partial charge >= 0.3 is 0 Å². The Morgan fingerprint density at radius 1 is 1.44 bits per heavy atom. The Kier molecular flexibility index (Phi) is 7.12. The van der Waals surface area contributed by atoms with Gasteiger partial charge in [-0.2, -0.15) is 11.8 Å². The van der Waals surface area contributed by atoms with Gasteiger partial charge in [-0.1, -0.05) is 6.07 Å². The van der Waals surface area contributed by atoms with Crippen LogP contribution in [0.15, 0.2) is 18.2 Å². The summed E-state index contributed by atoms with van der Waals surface area (Å²) in [7, 11) is 3.57. The Morgan fingerprint density at radius 2 is 2.22 bits per heavy atom. The SMILES string of the molecule is CNCc1ccc(OC)c(CSCC(O)CO)c1. The van der Waals surface area contributed by atoms with Gasteiger partial charge in [-0.05, 0) is 24.7 Å². The highest BCUT2D eigenvalue weighted by Crippen LogP contribution is 2.24. The summed E-state index contributed by atoms with van der Waals surface area (Å²) >= 11 is 1.58. The van der Waals surface area contributed by atoms with Crippen molar-refractivity contribution in [2.75, 3.05) is 26.5 Å². The topological polar surface area (TPSA) is 61.7 Å². The average molecular weight is 271 g/mol. The normalized spacial score (nSPS) is 12.4. The minimum absolute atomic E-state index is 0.191. The number of rotatable bonds is 8. The van der Waals surface area contributed by atoms with Crippen LogP contribution in [0.5, 0.6) is 5.75 Å². The van der Waals surface area contributed by atoms with Crippen LogP contribution in [0.25, 0.3) is 0 Å². The van der Waals surface area contributed by atoms with Gasteiger partial charge in [0.15, 0.2) is 0 Å². The molecule has 0 fully saturated rings. The van der Waals surface area contributed by atoms with Crippen molar-refractivity contribution >= 4 is 11.8 Å². The molecule has 5 heteroatoms. The number of methoxy groups -OCH3 is 1. The van der Waals surface area contributed by atoms with E-state index in [1.165, 1.54) is 5.56 Å². The molecule has 18 heavy (non-hydrogen) atoms. The summed E-state index contributed by atoms with van der Waals surface area (Å²) in [4.78, 5) is 0. The van der Waals surface area contributed by atoms with Crippen LogP contribution in [-0.4, -0.2) is 42.8 Å². The second kappa shape index (κ2) is 8.37. The highest BCUT2D eigenvalue weighted by molar-refractivity contribution is 7.98. The lowest BCUT2D eigenvalue weighted by Gasteiger charge is -2.12. The molecule has 0 bridgehead atoms. The predicted molar refractivity (Wildman–Crippen MR) is 75.0 cm³/mol. The van der Waals surface area contributed by atoms with Crippen LogP contribution in [0.1, 0.15) is 11.1 Å². The number of nitrogens with one attached hydrogen (secondary N) is 1. The van der Waals surface area contributed by atoms with Gasteiger partial charge in [-0.3, -0.25) is 0 Å². The lowest BCUT2D eigenvalue weighted by atomic mass is 10.1. The van der Waals surface area contributed by atoms with Crippen LogP contribution in [0, 0.1) is 0 Å². The van der Waals surface area contributed by atoms with Gasteiger partial charge in [-0.25, -0.2) is 0 Å². The zero-order valence-electron chi connectivity index (χ0n) is 10.8. The van der Waals surface area contributed by atoms with Crippen molar-refractivity contribution in [1.82, 2.24) is 5.32 Å². The third-order valence-electron chi connectivity index (χ3n) is 2.50. The summed E-state index contributed by atoms with van der Waals surface area (Å²) < 4.78 is 5.32. The molecule has 3 N–H and O–H groups in total. The van der Waals surface area contributed by atoms with Gasteiger partial charge in [0.05, 0.1) is 19.8 Å². The Morgan fingerprint density at radius 3 is 2.83 bits per heavy atom. The van der Waals surface area contributed by atoms with Crippen molar-refractivity contribution in [3.63, 3.8) is 0 Å². The molecule has 0 heterocycles. The highest BCUT2D eigenvalue weighted by atomic mass is 32.2. The lowest BCUT2D eigenvalue weighted by Crippen LogP contribution is -2.14. The molecule has 0 aliphatic heterocycles. The monoisotopic (exact) mass is 271 g/mol. The van der Waals surface area contributed by atoms with Crippen molar-refractivity contribution in [3.8, 4) is 5.75 Å². The fourth-order valence-electron chi connectivity index (χ4n) is 1.62. The minimum Gasteiger partial charge on any atom is -0.496 e. The first kappa shape index (κ1) is 15.3. The fraction of sp³-hybridized carbons (Fsp3) is 0.538. The van der Waals surface area contributed by atoms with E-state index in [4.69, 9.17) is 9.84 Å². The second-order valence-corrected chi connectivity index (χ2v) is 5.06. The molecular formula is C13H21NO3S. The van der Waals surface area contributed by atoms with Gasteiger partial charge in [0, 0.05) is 23.6 Å². The molecule has 4 nitrogen and oxygen atoms in total. The van der Waals surface area contributed by atoms with Gasteiger partial charge in [0.1, 0.15) is 5.75 Å². The molecule has 0 aliphatic carbocycles. The maximum Gasteiger partial charge on any atom is 0.122 e. The Labute approximate surface area is 112 Å². The summed E-state index contributed by atoms with van der Waals surface area (Å²) in [5, 5.41) is 21.2. The molecule has 1 unspecified atom stereocenters. The molecule has 0 saturated heterocycles. The molecule has 0 radical (unpaired) electrons. The van der Waals surface area contributed by atoms with E-state index in [1.807, 2.05) is 19.2 Å². The number of hydrogen-bond acceptors (Lipinski definition) is 5. The van der Waals surface area contributed by atoms with Crippen LogP contribution in [0.4, 0.5) is 0 Å². The second-order valence-electron chi connectivity index (χ2n) is 4.03. The van der Waals surface area contributed by atoms with Crippen molar-refractivity contribution in [2.45, 2.75) is 18.4 Å². The van der Waals surface area contributed by atoms with Crippen molar-refractivity contribution in [2.24, 2.45) is 0 Å². The summed E-state index contributed by atoms with van der Waals surface area (Å²) in [6.45, 7) is 0.630. The number of aliphatic hydroxyl groups is 2. The molecule has 0 amide bonds. The quantitative estimate of drug-likeness (QED) is 0.658.